The van der Waals surface area contributed by atoms with Crippen LogP contribution in [0, 0.1) is 0 Å². The number of halogens is 1. The molecular weight excluding hydrogens is 298 g/mol. The number of para-hydroxylation sites is 1. The predicted octanol–water partition coefficient (Wildman–Crippen LogP) is 4.50. The summed E-state index contributed by atoms with van der Waals surface area (Å²) < 4.78 is 5.74. The first-order valence-electron chi connectivity index (χ1n) is 8.07. The van der Waals surface area contributed by atoms with Crippen LogP contribution in [0.4, 0.5) is 0 Å². The minimum atomic E-state index is -0.500. The quantitative estimate of drug-likeness (QED) is 0.751. The number of benzene rings is 1. The van der Waals surface area contributed by atoms with Crippen LogP contribution in [-0.4, -0.2) is 18.6 Å². The second-order valence-electron chi connectivity index (χ2n) is 5.59. The van der Waals surface area contributed by atoms with E-state index in [2.05, 4.69) is 11.4 Å². The maximum Gasteiger partial charge on any atom is 0.261 e. The summed E-state index contributed by atoms with van der Waals surface area (Å²) in [6.07, 6.45) is 8.27. The van der Waals surface area contributed by atoms with Crippen molar-refractivity contribution in [2.24, 2.45) is 0 Å². The van der Waals surface area contributed by atoms with Crippen LogP contribution < -0.4 is 10.1 Å². The topological polar surface area (TPSA) is 38.3 Å². The Kier molecular flexibility index (Phi) is 6.78. The fourth-order valence-electron chi connectivity index (χ4n) is 2.61. The molecule has 0 saturated carbocycles. The third-order valence-corrected chi connectivity index (χ3v) is 4.21. The van der Waals surface area contributed by atoms with E-state index in [1.165, 1.54) is 31.3 Å². The summed E-state index contributed by atoms with van der Waals surface area (Å²) in [5, 5.41) is 3.50. The Balaban J connectivity index is 1.81. The third kappa shape index (κ3) is 5.06. The zero-order valence-electron chi connectivity index (χ0n) is 13.1. The maximum atomic E-state index is 12.2. The van der Waals surface area contributed by atoms with Gasteiger partial charge in [-0.15, -0.1) is 0 Å². The number of rotatable bonds is 7. The fraction of sp³-hybridized carbons (Fsp3) is 0.500. The van der Waals surface area contributed by atoms with Gasteiger partial charge in [0.25, 0.3) is 5.91 Å². The van der Waals surface area contributed by atoms with Gasteiger partial charge in [0.05, 0.1) is 5.02 Å². The number of amides is 1. The SMILES string of the molecule is CC[C@H](Oc1ccccc1Cl)C(=O)NCCC1=CCCCC1. The molecule has 1 atom stereocenters. The Bertz CT molecular complexity index is 528. The van der Waals surface area contributed by atoms with Crippen LogP contribution in [0.5, 0.6) is 5.75 Å². The van der Waals surface area contributed by atoms with Crippen molar-refractivity contribution >= 4 is 17.5 Å². The van der Waals surface area contributed by atoms with Crippen LogP contribution >= 0.6 is 11.6 Å². The van der Waals surface area contributed by atoms with Crippen molar-refractivity contribution < 1.29 is 9.53 Å². The highest BCUT2D eigenvalue weighted by atomic mass is 35.5. The highest BCUT2D eigenvalue weighted by Crippen LogP contribution is 2.25. The molecule has 1 aliphatic carbocycles. The molecule has 1 amide bonds. The molecule has 0 spiro atoms. The van der Waals surface area contributed by atoms with Gasteiger partial charge >= 0.3 is 0 Å². The van der Waals surface area contributed by atoms with Crippen molar-refractivity contribution in [3.8, 4) is 5.75 Å². The molecule has 1 aliphatic rings. The third-order valence-electron chi connectivity index (χ3n) is 3.90. The molecule has 0 radical (unpaired) electrons. The second-order valence-corrected chi connectivity index (χ2v) is 6.00. The van der Waals surface area contributed by atoms with E-state index in [9.17, 15) is 4.79 Å². The Morgan fingerprint density at radius 1 is 1.36 bits per heavy atom. The number of allylic oxidation sites excluding steroid dienone is 1. The molecule has 3 nitrogen and oxygen atoms in total. The number of nitrogens with one attached hydrogen (secondary N) is 1. The summed E-state index contributed by atoms with van der Waals surface area (Å²) in [6, 6.07) is 7.23. The van der Waals surface area contributed by atoms with Crippen LogP contribution in [0.2, 0.25) is 5.02 Å². The first kappa shape index (κ1) is 16.9. The largest absolute Gasteiger partial charge is 0.479 e. The van der Waals surface area contributed by atoms with E-state index < -0.39 is 6.10 Å². The molecule has 0 bridgehead atoms. The van der Waals surface area contributed by atoms with Gasteiger partial charge in [-0.2, -0.15) is 0 Å². The molecule has 4 heteroatoms. The van der Waals surface area contributed by atoms with Gasteiger partial charge < -0.3 is 10.1 Å². The molecule has 1 aromatic rings. The van der Waals surface area contributed by atoms with E-state index in [4.69, 9.17) is 16.3 Å². The summed E-state index contributed by atoms with van der Waals surface area (Å²) in [5.41, 5.74) is 1.46. The lowest BCUT2D eigenvalue weighted by molar-refractivity contribution is -0.128. The standard InChI is InChI=1S/C18H24ClNO2/c1-2-16(22-17-11-7-6-10-15(17)19)18(21)20-13-12-14-8-4-3-5-9-14/h6-8,10-11,16H,2-5,9,12-13H2,1H3,(H,20,21)/t16-/m0/s1. The molecule has 0 heterocycles. The summed E-state index contributed by atoms with van der Waals surface area (Å²) in [4.78, 5) is 12.2. The van der Waals surface area contributed by atoms with Crippen molar-refractivity contribution in [1.29, 1.82) is 0 Å². The minimum Gasteiger partial charge on any atom is -0.479 e. The number of carbonyl (C=O) groups is 1. The Morgan fingerprint density at radius 2 is 2.18 bits per heavy atom. The van der Waals surface area contributed by atoms with E-state index in [0.29, 0.717) is 23.7 Å². The van der Waals surface area contributed by atoms with Gasteiger partial charge in [0.2, 0.25) is 0 Å². The van der Waals surface area contributed by atoms with Crippen LogP contribution in [0.15, 0.2) is 35.9 Å². The zero-order valence-corrected chi connectivity index (χ0v) is 13.9. The van der Waals surface area contributed by atoms with Crippen molar-refractivity contribution in [2.45, 2.75) is 51.6 Å². The van der Waals surface area contributed by atoms with Gasteiger partial charge in [0, 0.05) is 6.54 Å². The number of carbonyl (C=O) groups excluding carboxylic acids is 1. The molecule has 0 aliphatic heterocycles. The van der Waals surface area contributed by atoms with Gasteiger partial charge in [-0.3, -0.25) is 4.79 Å². The molecule has 0 saturated heterocycles. The van der Waals surface area contributed by atoms with Gasteiger partial charge in [0.1, 0.15) is 5.75 Å². The van der Waals surface area contributed by atoms with Crippen LogP contribution in [-0.2, 0) is 4.79 Å². The fourth-order valence-corrected chi connectivity index (χ4v) is 2.79. The summed E-state index contributed by atoms with van der Waals surface area (Å²) in [7, 11) is 0. The predicted molar refractivity (Wildman–Crippen MR) is 90.3 cm³/mol. The first-order chi connectivity index (χ1) is 10.7. The highest BCUT2D eigenvalue weighted by molar-refractivity contribution is 6.32. The van der Waals surface area contributed by atoms with Gasteiger partial charge in [0.15, 0.2) is 6.10 Å². The molecule has 0 unspecified atom stereocenters. The Hall–Kier alpha value is -1.48. The molecule has 2 rings (SSSR count). The highest BCUT2D eigenvalue weighted by Gasteiger charge is 2.19. The van der Waals surface area contributed by atoms with Crippen molar-refractivity contribution in [3.63, 3.8) is 0 Å². The molecule has 1 N–H and O–H groups in total. The van der Waals surface area contributed by atoms with Crippen LogP contribution in [0.25, 0.3) is 0 Å². The summed E-state index contributed by atoms with van der Waals surface area (Å²) in [6.45, 7) is 2.61. The number of ether oxygens (including phenoxy) is 1. The smallest absolute Gasteiger partial charge is 0.261 e. The average Bonchev–Trinajstić information content (AvgIpc) is 2.55. The van der Waals surface area contributed by atoms with Crippen LogP contribution in [0.3, 0.4) is 0 Å². The summed E-state index contributed by atoms with van der Waals surface area (Å²) >= 11 is 6.07. The van der Waals surface area contributed by atoms with E-state index in [0.717, 1.165) is 6.42 Å². The molecular formula is C18H24ClNO2. The maximum absolute atomic E-state index is 12.2. The monoisotopic (exact) mass is 321 g/mol. The van der Waals surface area contributed by atoms with Crippen molar-refractivity contribution in [1.82, 2.24) is 5.32 Å². The van der Waals surface area contributed by atoms with Crippen molar-refractivity contribution in [2.75, 3.05) is 6.54 Å². The molecule has 120 valence electrons. The van der Waals surface area contributed by atoms with E-state index in [1.54, 1.807) is 12.1 Å². The lowest BCUT2D eigenvalue weighted by atomic mass is 9.97. The van der Waals surface area contributed by atoms with Crippen molar-refractivity contribution in [3.05, 3.63) is 40.9 Å². The molecule has 22 heavy (non-hydrogen) atoms. The number of hydrogen-bond acceptors (Lipinski definition) is 2. The average molecular weight is 322 g/mol. The number of hydrogen-bond donors (Lipinski definition) is 1. The van der Waals surface area contributed by atoms with Crippen LogP contribution in [0.1, 0.15) is 45.4 Å². The van der Waals surface area contributed by atoms with E-state index in [1.807, 2.05) is 19.1 Å². The lowest BCUT2D eigenvalue weighted by Crippen LogP contribution is -2.38. The minimum absolute atomic E-state index is 0.0705. The van der Waals surface area contributed by atoms with E-state index >= 15 is 0 Å². The normalized spacial score (nSPS) is 15.8. The Labute approximate surface area is 137 Å². The van der Waals surface area contributed by atoms with Gasteiger partial charge in [-0.05, 0) is 50.7 Å². The summed E-state index contributed by atoms with van der Waals surface area (Å²) in [5.74, 6) is 0.486. The van der Waals surface area contributed by atoms with Gasteiger partial charge in [-0.25, -0.2) is 0 Å². The second kappa shape index (κ2) is 8.84. The molecule has 0 fully saturated rings. The first-order valence-corrected chi connectivity index (χ1v) is 8.45. The Morgan fingerprint density at radius 3 is 2.86 bits per heavy atom. The van der Waals surface area contributed by atoms with E-state index in [-0.39, 0.29) is 5.91 Å². The molecule has 0 aromatic heterocycles. The van der Waals surface area contributed by atoms with Gasteiger partial charge in [-0.1, -0.05) is 42.3 Å². The molecule has 1 aromatic carbocycles. The lowest BCUT2D eigenvalue weighted by Gasteiger charge is -2.18. The zero-order chi connectivity index (χ0) is 15.8.